The number of nitrogens with zero attached hydrogens (tertiary/aromatic N) is 1. The van der Waals surface area contributed by atoms with Gasteiger partial charge in [0.25, 0.3) is 11.8 Å². The van der Waals surface area contributed by atoms with Crippen molar-refractivity contribution in [3.63, 3.8) is 0 Å². The van der Waals surface area contributed by atoms with Gasteiger partial charge in [0.15, 0.2) is 12.1 Å². The van der Waals surface area contributed by atoms with Crippen molar-refractivity contribution >= 4 is 41.3 Å². The number of unbranched alkanes of at least 4 members (excludes halogenated alkanes) is 2. The third kappa shape index (κ3) is 5.96. The van der Waals surface area contributed by atoms with E-state index in [0.717, 1.165) is 4.90 Å². The Balaban J connectivity index is 1.51. The summed E-state index contributed by atoms with van der Waals surface area (Å²) < 4.78 is 0. The first kappa shape index (κ1) is 29.4. The van der Waals surface area contributed by atoms with Crippen molar-refractivity contribution in [2.24, 2.45) is 5.92 Å². The third-order valence-corrected chi connectivity index (χ3v) is 7.77. The summed E-state index contributed by atoms with van der Waals surface area (Å²) >= 11 is 0. The highest BCUT2D eigenvalue weighted by atomic mass is 16.3. The molecule has 10 nitrogen and oxygen atoms in total. The molecular weight excluding hydrogens is 528 g/mol. The molecule has 1 heterocycles. The second-order valence-electron chi connectivity index (χ2n) is 10.5. The highest BCUT2D eigenvalue weighted by Crippen LogP contribution is 2.43. The van der Waals surface area contributed by atoms with Crippen LogP contribution in [0.3, 0.4) is 0 Å². The number of rotatable bonds is 11. The third-order valence-electron chi connectivity index (χ3n) is 7.77. The van der Waals surface area contributed by atoms with Crippen LogP contribution in [-0.4, -0.2) is 57.2 Å². The number of amides is 3. The van der Waals surface area contributed by atoms with Crippen LogP contribution < -0.4 is 5.32 Å². The number of hydrogen-bond acceptors (Lipinski definition) is 8. The van der Waals surface area contributed by atoms with Crippen LogP contribution in [0, 0.1) is 12.8 Å². The number of phenolic OH excluding ortho intramolecular Hbond substituents is 2. The first-order valence-corrected chi connectivity index (χ1v) is 13.6. The van der Waals surface area contributed by atoms with Crippen molar-refractivity contribution in [1.82, 2.24) is 4.90 Å². The van der Waals surface area contributed by atoms with E-state index < -0.39 is 17.3 Å². The molecule has 0 spiro atoms. The highest BCUT2D eigenvalue weighted by Gasteiger charge is 2.34. The number of anilines is 1. The second kappa shape index (κ2) is 12.3. The molecule has 0 fully saturated rings. The minimum absolute atomic E-state index is 0.0586. The number of Topliss-reactive ketones (excluding diaryl/α,β-unsaturated/α-hetero) is 1. The minimum Gasteiger partial charge on any atom is -0.507 e. The highest BCUT2D eigenvalue weighted by molar-refractivity contribution is 6.19. The normalized spacial score (nSPS) is 16.0. The van der Waals surface area contributed by atoms with Crippen molar-refractivity contribution in [3.05, 3.63) is 63.7 Å². The maximum absolute atomic E-state index is 13.9. The SMILES string of the molecule is CC(=O)[C@H]1CCc2c(O)c(C(=O)c3c(C)cccc3NC(=O)CCCCCN3C(=O)C=CC3=O)c(C=O)c(O)c2C1. The summed E-state index contributed by atoms with van der Waals surface area (Å²) in [6.45, 7) is 3.39. The predicted molar refractivity (Wildman–Crippen MR) is 149 cm³/mol. The Labute approximate surface area is 237 Å². The Hall–Kier alpha value is -4.60. The van der Waals surface area contributed by atoms with Crippen LogP contribution in [-0.2, 0) is 32.0 Å². The number of aldehydes is 1. The molecule has 2 aromatic carbocycles. The van der Waals surface area contributed by atoms with Gasteiger partial charge in [-0.2, -0.15) is 0 Å². The summed E-state index contributed by atoms with van der Waals surface area (Å²) in [5.41, 5.74) is 0.691. The van der Waals surface area contributed by atoms with Crippen molar-refractivity contribution in [2.45, 2.75) is 58.8 Å². The Morgan fingerprint density at radius 3 is 2.37 bits per heavy atom. The number of fused-ring (bicyclic) bond motifs is 1. The summed E-state index contributed by atoms with van der Waals surface area (Å²) in [6.07, 6.45) is 5.38. The molecule has 1 atom stereocenters. The lowest BCUT2D eigenvalue weighted by Gasteiger charge is -2.26. The summed E-state index contributed by atoms with van der Waals surface area (Å²) in [4.78, 5) is 75.0. The lowest BCUT2D eigenvalue weighted by atomic mass is 9.78. The molecule has 0 aromatic heterocycles. The van der Waals surface area contributed by atoms with Crippen molar-refractivity contribution in [1.29, 1.82) is 0 Å². The first-order valence-electron chi connectivity index (χ1n) is 13.6. The van der Waals surface area contributed by atoms with E-state index in [1.807, 2.05) is 0 Å². The number of phenols is 2. The molecule has 10 heteroatoms. The molecule has 0 saturated carbocycles. The van der Waals surface area contributed by atoms with Crippen LogP contribution in [0.5, 0.6) is 11.5 Å². The van der Waals surface area contributed by atoms with Gasteiger partial charge in [0.2, 0.25) is 5.91 Å². The van der Waals surface area contributed by atoms with Gasteiger partial charge in [-0.05, 0) is 57.6 Å². The number of carbonyl (C=O) groups is 6. The van der Waals surface area contributed by atoms with Crippen LogP contribution >= 0.6 is 0 Å². The zero-order valence-electron chi connectivity index (χ0n) is 23.0. The molecule has 41 heavy (non-hydrogen) atoms. The van der Waals surface area contributed by atoms with E-state index in [4.69, 9.17) is 0 Å². The molecule has 2 aliphatic rings. The van der Waals surface area contributed by atoms with Gasteiger partial charge < -0.3 is 15.5 Å². The van der Waals surface area contributed by atoms with Gasteiger partial charge >= 0.3 is 0 Å². The topological polar surface area (TPSA) is 158 Å². The number of aryl methyl sites for hydroxylation is 1. The number of imide groups is 1. The maximum Gasteiger partial charge on any atom is 0.253 e. The molecule has 0 saturated heterocycles. The van der Waals surface area contributed by atoms with Crippen molar-refractivity contribution in [2.75, 3.05) is 11.9 Å². The summed E-state index contributed by atoms with van der Waals surface area (Å²) in [6, 6.07) is 4.86. The van der Waals surface area contributed by atoms with Gasteiger partial charge in [-0.3, -0.25) is 33.7 Å². The monoisotopic (exact) mass is 560 g/mol. The van der Waals surface area contributed by atoms with Crippen LogP contribution in [0.1, 0.15) is 82.0 Å². The zero-order valence-corrected chi connectivity index (χ0v) is 23.0. The lowest BCUT2D eigenvalue weighted by Crippen LogP contribution is -2.30. The Bertz CT molecular complexity index is 1470. The summed E-state index contributed by atoms with van der Waals surface area (Å²) in [5, 5.41) is 24.8. The van der Waals surface area contributed by atoms with E-state index in [2.05, 4.69) is 5.32 Å². The van der Waals surface area contributed by atoms with Crippen LogP contribution in [0.15, 0.2) is 30.4 Å². The maximum atomic E-state index is 13.9. The molecule has 0 radical (unpaired) electrons. The van der Waals surface area contributed by atoms with E-state index in [-0.39, 0.29) is 77.6 Å². The van der Waals surface area contributed by atoms with E-state index in [1.54, 1.807) is 25.1 Å². The quantitative estimate of drug-likeness (QED) is 0.124. The molecule has 1 aliphatic heterocycles. The fourth-order valence-electron chi connectivity index (χ4n) is 5.49. The largest absolute Gasteiger partial charge is 0.507 e. The van der Waals surface area contributed by atoms with E-state index >= 15 is 0 Å². The molecule has 214 valence electrons. The van der Waals surface area contributed by atoms with Gasteiger partial charge in [-0.1, -0.05) is 18.6 Å². The molecule has 1 aliphatic carbocycles. The van der Waals surface area contributed by atoms with Crippen LogP contribution in [0.4, 0.5) is 5.69 Å². The fraction of sp³-hybridized carbons (Fsp3) is 0.355. The smallest absolute Gasteiger partial charge is 0.253 e. The lowest BCUT2D eigenvalue weighted by molar-refractivity contribution is -0.137. The summed E-state index contributed by atoms with van der Waals surface area (Å²) in [5.74, 6) is -3.01. The van der Waals surface area contributed by atoms with Gasteiger partial charge in [-0.25, -0.2) is 0 Å². The molecular formula is C31H32N2O8. The van der Waals surface area contributed by atoms with Gasteiger partial charge in [-0.15, -0.1) is 0 Å². The number of nitrogens with one attached hydrogen (secondary N) is 1. The number of benzene rings is 2. The van der Waals surface area contributed by atoms with Crippen LogP contribution in [0.2, 0.25) is 0 Å². The van der Waals surface area contributed by atoms with Crippen LogP contribution in [0.25, 0.3) is 0 Å². The molecule has 3 amide bonds. The fourth-order valence-corrected chi connectivity index (χ4v) is 5.49. The van der Waals surface area contributed by atoms with Crippen molar-refractivity contribution < 1.29 is 39.0 Å². The minimum atomic E-state index is -0.724. The first-order chi connectivity index (χ1) is 19.5. The standard InChI is InChI=1S/C31H32N2O8/c1-17-7-6-8-23(32-24(36)9-4-3-5-14-33-25(37)12-13-26(33)38)27(17)31(41)28-22(16-34)29(39)21-15-19(18(2)35)10-11-20(21)30(28)40/h6-8,12-13,16,19,39-40H,3-5,9-11,14-15H2,1-2H3,(H,32,36)/t19-/m0/s1. The van der Waals surface area contributed by atoms with E-state index in [0.29, 0.717) is 48.7 Å². The van der Waals surface area contributed by atoms with E-state index in [9.17, 15) is 39.0 Å². The molecule has 0 bridgehead atoms. The van der Waals surface area contributed by atoms with Crippen molar-refractivity contribution in [3.8, 4) is 11.5 Å². The molecule has 3 N–H and O–H groups in total. The predicted octanol–water partition coefficient (Wildman–Crippen LogP) is 3.57. The van der Waals surface area contributed by atoms with Gasteiger partial charge in [0.05, 0.1) is 16.8 Å². The molecule has 2 aromatic rings. The molecule has 4 rings (SSSR count). The van der Waals surface area contributed by atoms with E-state index in [1.165, 1.54) is 19.1 Å². The number of hydrogen-bond donors (Lipinski definition) is 3. The zero-order chi connectivity index (χ0) is 29.8. The Morgan fingerprint density at radius 1 is 1.00 bits per heavy atom. The number of ketones is 2. The van der Waals surface area contributed by atoms with Gasteiger partial charge in [0, 0.05) is 47.7 Å². The number of aromatic hydroxyl groups is 2. The molecule has 0 unspecified atom stereocenters. The average molecular weight is 561 g/mol. The number of carbonyl (C=O) groups excluding carboxylic acids is 6. The summed E-state index contributed by atoms with van der Waals surface area (Å²) in [7, 11) is 0. The Morgan fingerprint density at radius 2 is 1.71 bits per heavy atom. The van der Waals surface area contributed by atoms with Gasteiger partial charge in [0.1, 0.15) is 17.3 Å². The second-order valence-corrected chi connectivity index (χ2v) is 10.5. The Kier molecular flexibility index (Phi) is 8.80. The average Bonchev–Trinajstić information content (AvgIpc) is 3.26.